The zero-order valence-electron chi connectivity index (χ0n) is 12.0. The molecular weight excluding hydrogens is 317 g/mol. The van der Waals surface area contributed by atoms with Crippen molar-refractivity contribution in [3.05, 3.63) is 28.8 Å². The molecule has 0 bridgehead atoms. The molecule has 1 aromatic rings. The highest BCUT2D eigenvalue weighted by Gasteiger charge is 2.33. The molecule has 2 N–H and O–H groups in total. The fourth-order valence-corrected chi connectivity index (χ4v) is 2.76. The maximum Gasteiger partial charge on any atom is 0.418 e. The smallest absolute Gasteiger partial charge is 0.384 e. The lowest BCUT2D eigenvalue weighted by molar-refractivity contribution is -0.137. The molecular formula is C15H18ClF3N2O. The van der Waals surface area contributed by atoms with E-state index in [0.29, 0.717) is 0 Å². The molecule has 0 aliphatic heterocycles. The largest absolute Gasteiger partial charge is 0.418 e. The molecule has 22 heavy (non-hydrogen) atoms. The first-order valence-electron chi connectivity index (χ1n) is 7.26. The van der Waals surface area contributed by atoms with Gasteiger partial charge >= 0.3 is 6.18 Å². The number of carbonyl (C=O) groups is 1. The van der Waals surface area contributed by atoms with E-state index in [4.69, 9.17) is 11.6 Å². The Balaban J connectivity index is 1.87. The van der Waals surface area contributed by atoms with Gasteiger partial charge in [0.1, 0.15) is 0 Å². The Morgan fingerprint density at radius 2 is 1.95 bits per heavy atom. The minimum atomic E-state index is -4.49. The monoisotopic (exact) mass is 334 g/mol. The predicted octanol–water partition coefficient (Wildman–Crippen LogP) is 4.22. The van der Waals surface area contributed by atoms with Crippen LogP contribution in [0.1, 0.15) is 37.7 Å². The number of benzene rings is 1. The summed E-state index contributed by atoms with van der Waals surface area (Å²) in [6.45, 7) is 0.142. The molecule has 0 spiro atoms. The van der Waals surface area contributed by atoms with E-state index in [9.17, 15) is 18.0 Å². The number of carbonyl (C=O) groups excluding carboxylic acids is 1. The number of rotatable bonds is 5. The van der Waals surface area contributed by atoms with Crippen molar-refractivity contribution in [2.45, 2.75) is 44.3 Å². The van der Waals surface area contributed by atoms with E-state index in [1.165, 1.54) is 12.1 Å². The number of hydrogen-bond acceptors (Lipinski definition) is 2. The highest BCUT2D eigenvalue weighted by molar-refractivity contribution is 6.30. The van der Waals surface area contributed by atoms with Crippen LogP contribution >= 0.6 is 11.6 Å². The summed E-state index contributed by atoms with van der Waals surface area (Å²) in [4.78, 5) is 11.7. The number of amides is 1. The van der Waals surface area contributed by atoms with Gasteiger partial charge < -0.3 is 10.6 Å². The summed E-state index contributed by atoms with van der Waals surface area (Å²) in [5.74, 6) is -0.137. The van der Waals surface area contributed by atoms with Gasteiger partial charge in [-0.15, -0.1) is 0 Å². The lowest BCUT2D eigenvalue weighted by Crippen LogP contribution is -2.33. The van der Waals surface area contributed by atoms with Gasteiger partial charge in [-0.2, -0.15) is 13.2 Å². The SMILES string of the molecule is O=C(CCNc1ccc(Cl)cc1C(F)(F)F)NC1CCCC1. The molecule has 1 saturated carbocycles. The number of halogens is 4. The molecule has 1 aliphatic carbocycles. The molecule has 1 aromatic carbocycles. The van der Waals surface area contributed by atoms with Crippen molar-refractivity contribution in [2.75, 3.05) is 11.9 Å². The number of alkyl halides is 3. The van der Waals surface area contributed by atoms with Gasteiger partial charge in [-0.05, 0) is 31.0 Å². The van der Waals surface area contributed by atoms with E-state index in [0.717, 1.165) is 31.7 Å². The number of hydrogen-bond donors (Lipinski definition) is 2. The summed E-state index contributed by atoms with van der Waals surface area (Å²) in [6.07, 6.45) is -0.162. The molecule has 0 radical (unpaired) electrons. The van der Waals surface area contributed by atoms with Crippen molar-refractivity contribution in [1.82, 2.24) is 5.32 Å². The van der Waals surface area contributed by atoms with Crippen LogP contribution in [-0.2, 0) is 11.0 Å². The van der Waals surface area contributed by atoms with Crippen LogP contribution in [0.3, 0.4) is 0 Å². The Morgan fingerprint density at radius 3 is 2.59 bits per heavy atom. The van der Waals surface area contributed by atoms with Gasteiger partial charge in [0.2, 0.25) is 5.91 Å². The fraction of sp³-hybridized carbons (Fsp3) is 0.533. The van der Waals surface area contributed by atoms with Crippen molar-refractivity contribution in [3.8, 4) is 0 Å². The standard InChI is InChI=1S/C15H18ClF3N2O/c16-10-5-6-13(12(9-10)15(17,18)19)20-8-7-14(22)21-11-3-1-2-4-11/h5-6,9,11,20H,1-4,7-8H2,(H,21,22). The van der Waals surface area contributed by atoms with Crippen molar-refractivity contribution in [2.24, 2.45) is 0 Å². The van der Waals surface area contributed by atoms with Crippen molar-refractivity contribution in [3.63, 3.8) is 0 Å². The van der Waals surface area contributed by atoms with Crippen LogP contribution in [0, 0.1) is 0 Å². The van der Waals surface area contributed by atoms with Crippen LogP contribution in [0.25, 0.3) is 0 Å². The first-order valence-corrected chi connectivity index (χ1v) is 7.64. The molecule has 1 fully saturated rings. The Labute approximate surface area is 132 Å². The third-order valence-corrected chi connectivity index (χ3v) is 3.91. The normalized spacial score (nSPS) is 15.8. The lowest BCUT2D eigenvalue weighted by atomic mass is 10.1. The molecule has 0 aromatic heterocycles. The van der Waals surface area contributed by atoms with Gasteiger partial charge in [-0.1, -0.05) is 24.4 Å². The third kappa shape index (κ3) is 4.80. The van der Waals surface area contributed by atoms with Crippen molar-refractivity contribution < 1.29 is 18.0 Å². The van der Waals surface area contributed by atoms with Gasteiger partial charge in [0, 0.05) is 29.7 Å². The molecule has 0 heterocycles. The van der Waals surface area contributed by atoms with Crippen LogP contribution < -0.4 is 10.6 Å². The summed E-state index contributed by atoms with van der Waals surface area (Å²) in [5.41, 5.74) is -0.887. The lowest BCUT2D eigenvalue weighted by Gasteiger charge is -2.16. The Hall–Kier alpha value is -1.43. The average Bonchev–Trinajstić information content (AvgIpc) is 2.92. The van der Waals surface area contributed by atoms with E-state index < -0.39 is 11.7 Å². The van der Waals surface area contributed by atoms with Gasteiger partial charge in [0.25, 0.3) is 0 Å². The fourth-order valence-electron chi connectivity index (χ4n) is 2.59. The molecule has 0 unspecified atom stereocenters. The van der Waals surface area contributed by atoms with Crippen LogP contribution in [-0.4, -0.2) is 18.5 Å². The molecule has 0 atom stereocenters. The molecule has 3 nitrogen and oxygen atoms in total. The maximum absolute atomic E-state index is 12.9. The Kier molecular flexibility index (Phi) is 5.56. The van der Waals surface area contributed by atoms with Gasteiger partial charge in [0.05, 0.1) is 5.56 Å². The minimum Gasteiger partial charge on any atom is -0.384 e. The second kappa shape index (κ2) is 7.22. The van der Waals surface area contributed by atoms with E-state index >= 15 is 0 Å². The number of anilines is 1. The van der Waals surface area contributed by atoms with E-state index in [1.807, 2.05) is 0 Å². The minimum absolute atomic E-state index is 0.0249. The molecule has 122 valence electrons. The zero-order chi connectivity index (χ0) is 16.2. The van der Waals surface area contributed by atoms with Crippen LogP contribution in [0.15, 0.2) is 18.2 Å². The van der Waals surface area contributed by atoms with E-state index in [1.54, 1.807) is 0 Å². The predicted molar refractivity (Wildman–Crippen MR) is 80.0 cm³/mol. The topological polar surface area (TPSA) is 41.1 Å². The summed E-state index contributed by atoms with van der Waals surface area (Å²) in [7, 11) is 0. The molecule has 0 saturated heterocycles. The molecule has 1 aliphatic rings. The molecule has 1 amide bonds. The van der Waals surface area contributed by atoms with E-state index in [-0.39, 0.29) is 35.6 Å². The van der Waals surface area contributed by atoms with Crippen LogP contribution in [0.2, 0.25) is 5.02 Å². The van der Waals surface area contributed by atoms with Crippen LogP contribution in [0.4, 0.5) is 18.9 Å². The quantitative estimate of drug-likeness (QED) is 0.846. The summed E-state index contributed by atoms with van der Waals surface area (Å²) in [6, 6.07) is 3.76. The second-order valence-corrected chi connectivity index (χ2v) is 5.85. The highest BCUT2D eigenvalue weighted by atomic mass is 35.5. The average molecular weight is 335 g/mol. The van der Waals surface area contributed by atoms with Crippen molar-refractivity contribution in [1.29, 1.82) is 0 Å². The van der Waals surface area contributed by atoms with Crippen molar-refractivity contribution >= 4 is 23.2 Å². The molecule has 2 rings (SSSR count). The Bertz CT molecular complexity index is 528. The zero-order valence-corrected chi connectivity index (χ0v) is 12.7. The molecule has 7 heteroatoms. The summed E-state index contributed by atoms with van der Waals surface area (Å²) in [5, 5.41) is 5.59. The van der Waals surface area contributed by atoms with Crippen LogP contribution in [0.5, 0.6) is 0 Å². The highest BCUT2D eigenvalue weighted by Crippen LogP contribution is 2.36. The maximum atomic E-state index is 12.9. The summed E-state index contributed by atoms with van der Waals surface area (Å²) >= 11 is 5.61. The second-order valence-electron chi connectivity index (χ2n) is 5.41. The van der Waals surface area contributed by atoms with E-state index in [2.05, 4.69) is 10.6 Å². The third-order valence-electron chi connectivity index (χ3n) is 3.67. The summed E-state index contributed by atoms with van der Waals surface area (Å²) < 4.78 is 38.7. The first kappa shape index (κ1) is 16.9. The number of nitrogens with one attached hydrogen (secondary N) is 2. The first-order chi connectivity index (χ1) is 10.4. The Morgan fingerprint density at radius 1 is 1.27 bits per heavy atom. The van der Waals surface area contributed by atoms with Gasteiger partial charge in [-0.25, -0.2) is 0 Å². The van der Waals surface area contributed by atoms with Gasteiger partial charge in [-0.3, -0.25) is 4.79 Å². The van der Waals surface area contributed by atoms with Gasteiger partial charge in [0.15, 0.2) is 0 Å².